The number of methoxy groups -OCH3 is 1. The lowest BCUT2D eigenvalue weighted by Gasteiger charge is -2.06. The minimum atomic E-state index is 0.178. The van der Waals surface area contributed by atoms with Gasteiger partial charge in [-0.2, -0.15) is 0 Å². The highest BCUT2D eigenvalue weighted by Gasteiger charge is 2.01. The number of hydrogen-bond donors (Lipinski definition) is 0. The van der Waals surface area contributed by atoms with Gasteiger partial charge in [0.1, 0.15) is 0 Å². The molecule has 0 heterocycles. The molecule has 0 saturated heterocycles. The highest BCUT2D eigenvalue weighted by Crippen LogP contribution is 2.15. The van der Waals surface area contributed by atoms with Crippen molar-refractivity contribution in [3.8, 4) is 12.3 Å². The smallest absolute Gasteiger partial charge is 0.0713 e. The van der Waals surface area contributed by atoms with E-state index in [4.69, 9.17) is 11.2 Å². The lowest BCUT2D eigenvalue weighted by molar-refractivity contribution is 0.185. The van der Waals surface area contributed by atoms with Gasteiger partial charge in [0.2, 0.25) is 0 Å². The number of rotatable bonds is 3. The highest BCUT2D eigenvalue weighted by molar-refractivity contribution is 5.29. The Morgan fingerprint density at radius 1 is 1.54 bits per heavy atom. The van der Waals surface area contributed by atoms with Crippen molar-refractivity contribution in [2.75, 3.05) is 7.11 Å². The zero-order valence-electron chi connectivity index (χ0n) is 8.08. The van der Waals surface area contributed by atoms with Crippen LogP contribution in [0.3, 0.4) is 0 Å². The minimum absolute atomic E-state index is 0.178. The van der Waals surface area contributed by atoms with Gasteiger partial charge in [0.05, 0.1) is 6.61 Å². The van der Waals surface area contributed by atoms with Crippen LogP contribution >= 0.6 is 0 Å². The van der Waals surface area contributed by atoms with Gasteiger partial charge in [-0.25, -0.2) is 0 Å². The van der Waals surface area contributed by atoms with Gasteiger partial charge in [-0.15, -0.1) is 6.42 Å². The Labute approximate surface area is 79.7 Å². The second kappa shape index (κ2) is 4.69. The van der Waals surface area contributed by atoms with Crippen LogP contribution < -0.4 is 0 Å². The molecule has 0 saturated carbocycles. The van der Waals surface area contributed by atoms with E-state index in [0.29, 0.717) is 6.61 Å². The van der Waals surface area contributed by atoms with Crippen LogP contribution in [0.2, 0.25) is 0 Å². The second-order valence-corrected chi connectivity index (χ2v) is 3.07. The van der Waals surface area contributed by atoms with Gasteiger partial charge >= 0.3 is 0 Å². The van der Waals surface area contributed by atoms with Gasteiger partial charge < -0.3 is 4.74 Å². The van der Waals surface area contributed by atoms with Crippen molar-refractivity contribution in [3.63, 3.8) is 0 Å². The van der Waals surface area contributed by atoms with Gasteiger partial charge in [0.15, 0.2) is 0 Å². The monoisotopic (exact) mass is 174 g/mol. The van der Waals surface area contributed by atoms with Crippen molar-refractivity contribution in [3.05, 3.63) is 35.4 Å². The molecule has 1 unspecified atom stereocenters. The lowest BCUT2D eigenvalue weighted by atomic mass is 10.0. The highest BCUT2D eigenvalue weighted by atomic mass is 16.5. The Morgan fingerprint density at radius 3 is 2.92 bits per heavy atom. The first-order valence-corrected chi connectivity index (χ1v) is 4.32. The van der Waals surface area contributed by atoms with E-state index in [-0.39, 0.29) is 5.92 Å². The summed E-state index contributed by atoms with van der Waals surface area (Å²) in [6.45, 7) is 2.66. The molecule has 1 aromatic rings. The van der Waals surface area contributed by atoms with Crippen LogP contribution in [0.5, 0.6) is 0 Å². The van der Waals surface area contributed by atoms with Gasteiger partial charge in [0, 0.05) is 13.0 Å². The van der Waals surface area contributed by atoms with Crippen LogP contribution in [-0.4, -0.2) is 7.11 Å². The molecule has 0 spiro atoms. The summed E-state index contributed by atoms with van der Waals surface area (Å²) in [4.78, 5) is 0. The molecule has 0 aromatic heterocycles. The summed E-state index contributed by atoms with van der Waals surface area (Å²) < 4.78 is 5.04. The largest absolute Gasteiger partial charge is 0.380 e. The second-order valence-electron chi connectivity index (χ2n) is 3.07. The molecule has 0 radical (unpaired) electrons. The Kier molecular flexibility index (Phi) is 3.54. The molecule has 0 amide bonds. The fourth-order valence-electron chi connectivity index (χ4n) is 1.22. The van der Waals surface area contributed by atoms with E-state index in [1.807, 2.05) is 25.1 Å². The van der Waals surface area contributed by atoms with E-state index in [1.54, 1.807) is 7.11 Å². The fraction of sp³-hybridized carbons (Fsp3) is 0.333. The molecule has 0 aliphatic heterocycles. The van der Waals surface area contributed by atoms with Crippen molar-refractivity contribution < 1.29 is 4.74 Å². The summed E-state index contributed by atoms with van der Waals surface area (Å²) in [6.07, 6.45) is 5.35. The fourth-order valence-corrected chi connectivity index (χ4v) is 1.22. The molecule has 1 atom stereocenters. The maximum atomic E-state index is 5.35. The number of ether oxygens (including phenoxy) is 1. The standard InChI is InChI=1S/C12H14O/c1-4-10(2)12-7-5-6-11(8-12)9-13-3/h1,5-8,10H,9H2,2-3H3. The molecule has 0 aliphatic carbocycles. The lowest BCUT2D eigenvalue weighted by Crippen LogP contribution is -1.93. The van der Waals surface area contributed by atoms with E-state index in [2.05, 4.69) is 12.0 Å². The Morgan fingerprint density at radius 2 is 2.31 bits per heavy atom. The minimum Gasteiger partial charge on any atom is -0.380 e. The maximum absolute atomic E-state index is 5.35. The first-order valence-electron chi connectivity index (χ1n) is 4.32. The van der Waals surface area contributed by atoms with Crippen molar-refractivity contribution in [1.29, 1.82) is 0 Å². The van der Waals surface area contributed by atoms with E-state index in [1.165, 1.54) is 11.1 Å². The van der Waals surface area contributed by atoms with Crippen LogP contribution in [0.4, 0.5) is 0 Å². The SMILES string of the molecule is C#CC(C)c1cccc(COC)c1. The van der Waals surface area contributed by atoms with Crippen molar-refractivity contribution in [1.82, 2.24) is 0 Å². The molecule has 0 aliphatic rings. The molecule has 0 N–H and O–H groups in total. The third-order valence-electron chi connectivity index (χ3n) is 2.01. The van der Waals surface area contributed by atoms with Crippen LogP contribution in [0.1, 0.15) is 24.0 Å². The quantitative estimate of drug-likeness (QED) is 0.640. The summed E-state index contributed by atoms with van der Waals surface area (Å²) in [6, 6.07) is 8.19. The van der Waals surface area contributed by atoms with E-state index < -0.39 is 0 Å². The molecule has 0 bridgehead atoms. The predicted molar refractivity (Wildman–Crippen MR) is 54.4 cm³/mol. The number of terminal acetylenes is 1. The molecule has 13 heavy (non-hydrogen) atoms. The van der Waals surface area contributed by atoms with Gasteiger partial charge in [-0.1, -0.05) is 30.2 Å². The topological polar surface area (TPSA) is 9.23 Å². The summed E-state index contributed by atoms with van der Waals surface area (Å²) >= 11 is 0. The van der Waals surface area contributed by atoms with E-state index in [9.17, 15) is 0 Å². The summed E-state index contributed by atoms with van der Waals surface area (Å²) in [5.41, 5.74) is 2.35. The molecule has 1 nitrogen and oxygen atoms in total. The molecular formula is C12H14O. The zero-order valence-corrected chi connectivity index (χ0v) is 8.08. The van der Waals surface area contributed by atoms with Gasteiger partial charge in [0.25, 0.3) is 0 Å². The predicted octanol–water partition coefficient (Wildman–Crippen LogP) is 2.57. The van der Waals surface area contributed by atoms with Crippen molar-refractivity contribution in [2.45, 2.75) is 19.4 Å². The van der Waals surface area contributed by atoms with Gasteiger partial charge in [-0.05, 0) is 18.1 Å². The van der Waals surface area contributed by atoms with Crippen molar-refractivity contribution >= 4 is 0 Å². The Bertz CT molecular complexity index is 309. The molecule has 1 aromatic carbocycles. The Balaban J connectivity index is 2.86. The average molecular weight is 174 g/mol. The van der Waals surface area contributed by atoms with E-state index >= 15 is 0 Å². The average Bonchev–Trinajstić information content (AvgIpc) is 2.18. The molecule has 1 rings (SSSR count). The van der Waals surface area contributed by atoms with Gasteiger partial charge in [-0.3, -0.25) is 0 Å². The van der Waals surface area contributed by atoms with Crippen LogP contribution in [0.25, 0.3) is 0 Å². The Hall–Kier alpha value is -1.26. The summed E-state index contributed by atoms with van der Waals surface area (Å²) in [7, 11) is 1.69. The third kappa shape index (κ3) is 2.61. The van der Waals surface area contributed by atoms with Crippen LogP contribution in [0, 0.1) is 12.3 Å². The molecule has 1 heteroatoms. The summed E-state index contributed by atoms with van der Waals surface area (Å²) in [5.74, 6) is 2.89. The van der Waals surface area contributed by atoms with Crippen molar-refractivity contribution in [2.24, 2.45) is 0 Å². The zero-order chi connectivity index (χ0) is 9.68. The molecule has 0 fully saturated rings. The normalized spacial score (nSPS) is 12.1. The maximum Gasteiger partial charge on any atom is 0.0713 e. The van der Waals surface area contributed by atoms with Crippen LogP contribution in [0.15, 0.2) is 24.3 Å². The third-order valence-corrected chi connectivity index (χ3v) is 2.01. The number of hydrogen-bond acceptors (Lipinski definition) is 1. The molecule has 68 valence electrons. The molecular weight excluding hydrogens is 160 g/mol. The first-order chi connectivity index (χ1) is 6.27. The van der Waals surface area contributed by atoms with E-state index in [0.717, 1.165) is 0 Å². The van der Waals surface area contributed by atoms with Crippen LogP contribution in [-0.2, 0) is 11.3 Å². The first kappa shape index (κ1) is 9.83. The summed E-state index contributed by atoms with van der Waals surface area (Å²) in [5, 5.41) is 0. The number of benzene rings is 1.